The van der Waals surface area contributed by atoms with Crippen molar-refractivity contribution in [3.63, 3.8) is 0 Å². The van der Waals surface area contributed by atoms with Crippen LogP contribution in [0.3, 0.4) is 0 Å². The molecule has 0 spiro atoms. The molecule has 0 radical (unpaired) electrons. The SMILES string of the molecule is O=C1NC(=O)[N+](C2O[C@H](CO)[C@@H](O)[C@@H]2F)([C@@H]2O[C@H](CO)[C@@H](O)[C@H]2O)C=C1I. The molecule has 3 amide bonds. The maximum absolute atomic E-state index is 14.9. The van der Waals surface area contributed by atoms with E-state index in [0.717, 1.165) is 6.20 Å². The molecule has 3 rings (SSSR count). The highest BCUT2D eigenvalue weighted by molar-refractivity contribution is 14.1. The monoisotopic (exact) mass is 505 g/mol. The lowest BCUT2D eigenvalue weighted by Crippen LogP contribution is -2.71. The van der Waals surface area contributed by atoms with Crippen LogP contribution in [-0.2, 0) is 14.3 Å². The summed E-state index contributed by atoms with van der Waals surface area (Å²) in [5.74, 6) is -0.770. The van der Waals surface area contributed by atoms with Crippen LogP contribution in [0.2, 0.25) is 0 Å². The number of amides is 3. The normalized spacial score (nSPS) is 47.9. The second-order valence-electron chi connectivity index (χ2n) is 6.48. The summed E-state index contributed by atoms with van der Waals surface area (Å²) in [5, 5.41) is 51.0. The summed E-state index contributed by atoms with van der Waals surface area (Å²) in [7, 11) is 0. The molecule has 2 saturated heterocycles. The number of nitrogens with zero attached hydrogens (tertiary/aromatic N) is 1. The zero-order chi connectivity index (χ0) is 20.1. The molecule has 2 unspecified atom stereocenters. The number of halogens is 2. The van der Waals surface area contributed by atoms with Gasteiger partial charge in [-0.2, -0.15) is 4.48 Å². The lowest BCUT2D eigenvalue weighted by molar-refractivity contribution is -0.903. The van der Waals surface area contributed by atoms with Gasteiger partial charge < -0.3 is 35.0 Å². The number of hydrogen-bond acceptors (Lipinski definition) is 9. The summed E-state index contributed by atoms with van der Waals surface area (Å²) in [6.45, 7) is -1.43. The molecular weight excluding hydrogens is 486 g/mol. The van der Waals surface area contributed by atoms with E-state index in [9.17, 15) is 39.5 Å². The van der Waals surface area contributed by atoms with E-state index in [-0.39, 0.29) is 3.58 Å². The number of aliphatic hydroxyl groups is 5. The Morgan fingerprint density at radius 3 is 2.11 bits per heavy atom. The minimum absolute atomic E-state index is 0.0531. The fourth-order valence-corrected chi connectivity index (χ4v) is 4.11. The molecule has 3 heterocycles. The third-order valence-electron chi connectivity index (χ3n) is 4.95. The Bertz CT molecular complexity index is 634. The average molecular weight is 505 g/mol. The largest absolute Gasteiger partial charge is 0.432 e. The zero-order valence-electron chi connectivity index (χ0n) is 13.7. The molecular formula is C14H19FIN2O9+. The lowest BCUT2D eigenvalue weighted by atomic mass is 10.1. The Kier molecular flexibility index (Phi) is 5.87. The van der Waals surface area contributed by atoms with Crippen LogP contribution in [0.1, 0.15) is 0 Å². The highest BCUT2D eigenvalue weighted by atomic mass is 127. The first-order valence-corrected chi connectivity index (χ1v) is 9.10. The van der Waals surface area contributed by atoms with Gasteiger partial charge >= 0.3 is 6.03 Å². The van der Waals surface area contributed by atoms with Gasteiger partial charge in [0.25, 0.3) is 5.91 Å². The van der Waals surface area contributed by atoms with Gasteiger partial charge in [0.1, 0.15) is 34.2 Å². The number of ether oxygens (including phenoxy) is 2. The number of carbonyl (C=O) groups is 2. The number of carbonyl (C=O) groups excluding carboxylic acids is 2. The van der Waals surface area contributed by atoms with Gasteiger partial charge in [0.2, 0.25) is 18.6 Å². The lowest BCUT2D eigenvalue weighted by Gasteiger charge is -2.42. The van der Waals surface area contributed by atoms with Gasteiger partial charge in [0, 0.05) is 0 Å². The van der Waals surface area contributed by atoms with Gasteiger partial charge in [0.05, 0.1) is 13.2 Å². The van der Waals surface area contributed by atoms with E-state index >= 15 is 0 Å². The van der Waals surface area contributed by atoms with Gasteiger partial charge in [-0.25, -0.2) is 14.5 Å². The standard InChI is InChI=1S/C14H18FIN2O9/c15-7-8(21)5(2-19)26-12(7)18(1-4(16)11(24)17-14(18)25)13-10(23)9(22)6(3-20)27-13/h1,5-10,12-13,19-23H,2-3H2/p+1/t5-,6-,7+,8-,9-,10-,12?,13-,18?/m1/s1. The van der Waals surface area contributed by atoms with Crippen molar-refractivity contribution in [1.82, 2.24) is 5.32 Å². The van der Waals surface area contributed by atoms with E-state index in [2.05, 4.69) is 0 Å². The minimum atomic E-state index is -2.19. The van der Waals surface area contributed by atoms with Gasteiger partial charge in [0.15, 0.2) is 6.10 Å². The zero-order valence-corrected chi connectivity index (χ0v) is 15.8. The first kappa shape index (κ1) is 20.9. The quantitative estimate of drug-likeness (QED) is 0.175. The van der Waals surface area contributed by atoms with Gasteiger partial charge in [-0.05, 0) is 22.6 Å². The van der Waals surface area contributed by atoms with E-state index in [1.807, 2.05) is 5.32 Å². The van der Waals surface area contributed by atoms with Gasteiger partial charge in [-0.15, -0.1) is 0 Å². The van der Waals surface area contributed by atoms with Crippen molar-refractivity contribution in [3.05, 3.63) is 9.78 Å². The molecule has 13 heteroatoms. The maximum atomic E-state index is 14.9. The van der Waals surface area contributed by atoms with Crippen LogP contribution in [0.5, 0.6) is 0 Å². The summed E-state index contributed by atoms with van der Waals surface area (Å²) in [6.07, 6.45) is -12.4. The summed E-state index contributed by atoms with van der Waals surface area (Å²) >= 11 is 1.59. The van der Waals surface area contributed by atoms with Crippen LogP contribution in [0, 0.1) is 0 Å². The highest BCUT2D eigenvalue weighted by Gasteiger charge is 2.67. The van der Waals surface area contributed by atoms with Crippen LogP contribution >= 0.6 is 22.6 Å². The topological polar surface area (TPSA) is 166 Å². The molecule has 0 aromatic carbocycles. The fraction of sp³-hybridized carbons (Fsp3) is 0.714. The molecule has 9 atom stereocenters. The van der Waals surface area contributed by atoms with Crippen LogP contribution in [0.4, 0.5) is 9.18 Å². The number of quaternary nitrogens is 1. The Labute approximate surface area is 165 Å². The second kappa shape index (κ2) is 7.57. The van der Waals surface area contributed by atoms with Crippen LogP contribution in [0.25, 0.3) is 0 Å². The summed E-state index contributed by atoms with van der Waals surface area (Å²) < 4.78 is 24.3. The molecule has 152 valence electrons. The first-order chi connectivity index (χ1) is 12.7. The minimum Gasteiger partial charge on any atom is -0.394 e. The number of imide groups is 1. The molecule has 0 aromatic rings. The first-order valence-electron chi connectivity index (χ1n) is 8.02. The van der Waals surface area contributed by atoms with E-state index in [4.69, 9.17) is 9.47 Å². The van der Waals surface area contributed by atoms with Crippen LogP contribution in [0.15, 0.2) is 9.78 Å². The Balaban J connectivity index is 2.12. The van der Waals surface area contributed by atoms with Gasteiger partial charge in [-0.3, -0.25) is 4.79 Å². The average Bonchev–Trinajstić information content (AvgIpc) is 3.09. The van der Waals surface area contributed by atoms with Crippen LogP contribution in [-0.4, -0.2) is 104 Å². The molecule has 3 aliphatic rings. The number of alkyl halides is 1. The smallest absolute Gasteiger partial charge is 0.394 e. The summed E-state index contributed by atoms with van der Waals surface area (Å²) in [5.41, 5.74) is 0. The molecule has 6 N–H and O–H groups in total. The molecule has 0 aromatic heterocycles. The highest BCUT2D eigenvalue weighted by Crippen LogP contribution is 2.41. The number of urea groups is 1. The number of aliphatic hydroxyl groups excluding tert-OH is 5. The number of rotatable bonds is 4. The Morgan fingerprint density at radius 1 is 1.04 bits per heavy atom. The van der Waals surface area contributed by atoms with E-state index in [1.165, 1.54) is 0 Å². The second-order valence-corrected chi connectivity index (χ2v) is 7.64. The molecule has 0 bridgehead atoms. The maximum Gasteiger partial charge on any atom is 0.432 e. The Hall–Kier alpha value is -0.780. The summed E-state index contributed by atoms with van der Waals surface area (Å²) in [4.78, 5) is 24.6. The van der Waals surface area contributed by atoms with Crippen molar-refractivity contribution in [2.75, 3.05) is 13.2 Å². The molecule has 0 saturated carbocycles. The number of nitrogens with one attached hydrogen (secondary N) is 1. The van der Waals surface area contributed by atoms with Crippen LogP contribution < -0.4 is 5.32 Å². The Morgan fingerprint density at radius 2 is 1.59 bits per heavy atom. The molecule has 27 heavy (non-hydrogen) atoms. The van der Waals surface area contributed by atoms with Crippen molar-refractivity contribution < 1.29 is 53.5 Å². The third kappa shape index (κ3) is 3.10. The van der Waals surface area contributed by atoms with Gasteiger partial charge in [-0.1, -0.05) is 0 Å². The van der Waals surface area contributed by atoms with E-state index in [1.54, 1.807) is 22.6 Å². The molecule has 2 fully saturated rings. The summed E-state index contributed by atoms with van der Waals surface area (Å²) in [6, 6.07) is -1.12. The fourth-order valence-electron chi connectivity index (χ4n) is 3.51. The predicted molar refractivity (Wildman–Crippen MR) is 90.3 cm³/mol. The molecule has 0 aliphatic carbocycles. The van der Waals surface area contributed by atoms with Crippen molar-refractivity contribution in [3.8, 4) is 0 Å². The van der Waals surface area contributed by atoms with E-state index in [0.29, 0.717) is 0 Å². The molecule has 11 nitrogen and oxygen atoms in total. The van der Waals surface area contributed by atoms with E-state index < -0.39 is 78.8 Å². The molecule has 3 aliphatic heterocycles. The number of hydrogen-bond donors (Lipinski definition) is 6. The van der Waals surface area contributed by atoms with Crippen molar-refractivity contribution in [2.24, 2.45) is 0 Å². The van der Waals surface area contributed by atoms with Crippen molar-refractivity contribution in [2.45, 2.75) is 49.1 Å². The van der Waals surface area contributed by atoms with Crippen molar-refractivity contribution in [1.29, 1.82) is 0 Å². The third-order valence-corrected chi connectivity index (χ3v) is 5.72. The predicted octanol–water partition coefficient (Wildman–Crippen LogP) is -2.82. The van der Waals surface area contributed by atoms with Crippen molar-refractivity contribution >= 4 is 34.5 Å².